The third-order valence-electron chi connectivity index (χ3n) is 5.46. The van der Waals surface area contributed by atoms with E-state index in [0.29, 0.717) is 19.6 Å². The summed E-state index contributed by atoms with van der Waals surface area (Å²) in [6, 6.07) is 8.04. The fraction of sp³-hybridized carbons (Fsp3) is 0.500. The maximum atomic E-state index is 12.4. The van der Waals surface area contributed by atoms with Gasteiger partial charge in [0.05, 0.1) is 13.1 Å². The molecule has 0 atom stereocenters. The Bertz CT molecular complexity index is 770. The van der Waals surface area contributed by atoms with Gasteiger partial charge in [-0.2, -0.15) is 0 Å². The van der Waals surface area contributed by atoms with Gasteiger partial charge in [-0.3, -0.25) is 9.69 Å². The molecule has 0 unspecified atom stereocenters. The number of hydrogen-bond acceptors (Lipinski definition) is 4. The number of amides is 1. The van der Waals surface area contributed by atoms with Crippen LogP contribution >= 0.6 is 11.6 Å². The summed E-state index contributed by atoms with van der Waals surface area (Å²) in [4.78, 5) is 14.5. The summed E-state index contributed by atoms with van der Waals surface area (Å²) in [7, 11) is 0. The maximum absolute atomic E-state index is 12.4. The molecule has 1 aliphatic carbocycles. The SMILES string of the molecule is O=C(CN1CCn2cnnc2C1)NCC1(c2cccc(Cl)c2)CCC1. The van der Waals surface area contributed by atoms with E-state index in [1.54, 1.807) is 6.33 Å². The van der Waals surface area contributed by atoms with E-state index in [0.717, 1.165) is 36.8 Å². The summed E-state index contributed by atoms with van der Waals surface area (Å²) in [6.07, 6.45) is 5.14. The highest BCUT2D eigenvalue weighted by molar-refractivity contribution is 6.30. The molecule has 2 heterocycles. The van der Waals surface area contributed by atoms with Gasteiger partial charge in [-0.15, -0.1) is 10.2 Å². The van der Waals surface area contributed by atoms with Crippen molar-refractivity contribution in [2.75, 3.05) is 19.6 Å². The third kappa shape index (κ3) is 3.41. The minimum Gasteiger partial charge on any atom is -0.354 e. The van der Waals surface area contributed by atoms with Crippen LogP contribution in [-0.4, -0.2) is 45.2 Å². The van der Waals surface area contributed by atoms with Crippen molar-refractivity contribution in [2.45, 2.75) is 37.8 Å². The normalized spacial score (nSPS) is 19.1. The Kier molecular flexibility index (Phi) is 4.48. The zero-order valence-electron chi connectivity index (χ0n) is 14.1. The van der Waals surface area contributed by atoms with Crippen molar-refractivity contribution < 1.29 is 4.79 Å². The van der Waals surface area contributed by atoms with E-state index in [1.165, 1.54) is 12.0 Å². The van der Waals surface area contributed by atoms with Gasteiger partial charge in [-0.25, -0.2) is 0 Å². The lowest BCUT2D eigenvalue weighted by Crippen LogP contribution is -2.48. The van der Waals surface area contributed by atoms with Gasteiger partial charge in [0.25, 0.3) is 0 Å². The van der Waals surface area contributed by atoms with Gasteiger partial charge < -0.3 is 9.88 Å². The summed E-state index contributed by atoms with van der Waals surface area (Å²) >= 11 is 6.15. The van der Waals surface area contributed by atoms with Gasteiger partial charge in [-0.05, 0) is 30.5 Å². The first-order chi connectivity index (χ1) is 12.1. The lowest BCUT2D eigenvalue weighted by molar-refractivity contribution is -0.123. The van der Waals surface area contributed by atoms with Gasteiger partial charge in [0, 0.05) is 30.1 Å². The number of carbonyl (C=O) groups excluding carboxylic acids is 1. The zero-order valence-corrected chi connectivity index (χ0v) is 14.9. The second-order valence-corrected chi connectivity index (χ2v) is 7.51. The molecule has 132 valence electrons. The van der Waals surface area contributed by atoms with Crippen LogP contribution in [0, 0.1) is 0 Å². The number of nitrogens with zero attached hydrogens (tertiary/aromatic N) is 4. The number of aromatic nitrogens is 3. The number of halogens is 1. The van der Waals surface area contributed by atoms with Crippen LogP contribution in [0.3, 0.4) is 0 Å². The molecule has 1 saturated carbocycles. The van der Waals surface area contributed by atoms with E-state index < -0.39 is 0 Å². The third-order valence-corrected chi connectivity index (χ3v) is 5.69. The molecule has 6 nitrogen and oxygen atoms in total. The highest BCUT2D eigenvalue weighted by Crippen LogP contribution is 2.43. The second kappa shape index (κ2) is 6.77. The Morgan fingerprint density at radius 1 is 1.32 bits per heavy atom. The minimum absolute atomic E-state index is 0.0443. The average molecular weight is 360 g/mol. The van der Waals surface area contributed by atoms with Gasteiger partial charge in [-0.1, -0.05) is 30.2 Å². The standard InChI is InChI=1S/C18H22ClN5O/c19-15-4-1-3-14(9-15)18(5-2-6-18)12-20-17(25)11-23-7-8-24-13-21-22-16(24)10-23/h1,3-4,9,13H,2,5-8,10-12H2,(H,20,25). The number of benzene rings is 1. The van der Waals surface area contributed by atoms with Crippen molar-refractivity contribution in [3.63, 3.8) is 0 Å². The molecule has 7 heteroatoms. The molecule has 1 aromatic carbocycles. The molecule has 0 bridgehead atoms. The molecule has 0 saturated heterocycles. The summed E-state index contributed by atoms with van der Waals surface area (Å²) in [6.45, 7) is 3.43. The van der Waals surface area contributed by atoms with Crippen molar-refractivity contribution in [1.82, 2.24) is 25.0 Å². The fourth-order valence-corrected chi connectivity index (χ4v) is 3.96. The first-order valence-corrected chi connectivity index (χ1v) is 9.14. The molecular formula is C18H22ClN5O. The highest BCUT2D eigenvalue weighted by Gasteiger charge is 2.39. The molecule has 1 amide bonds. The number of hydrogen-bond donors (Lipinski definition) is 1. The van der Waals surface area contributed by atoms with E-state index in [9.17, 15) is 4.79 Å². The Labute approximate surface area is 152 Å². The van der Waals surface area contributed by atoms with E-state index in [2.05, 4.69) is 26.5 Å². The molecule has 25 heavy (non-hydrogen) atoms. The fourth-order valence-electron chi connectivity index (χ4n) is 3.77. The summed E-state index contributed by atoms with van der Waals surface area (Å²) in [5.74, 6) is 0.995. The smallest absolute Gasteiger partial charge is 0.234 e. The largest absolute Gasteiger partial charge is 0.354 e. The Balaban J connectivity index is 1.34. The van der Waals surface area contributed by atoms with Crippen molar-refractivity contribution >= 4 is 17.5 Å². The van der Waals surface area contributed by atoms with Crippen molar-refractivity contribution in [2.24, 2.45) is 0 Å². The number of carbonyl (C=O) groups is 1. The van der Waals surface area contributed by atoms with Crippen molar-refractivity contribution in [3.05, 3.63) is 47.0 Å². The maximum Gasteiger partial charge on any atom is 0.234 e. The topological polar surface area (TPSA) is 63.1 Å². The Morgan fingerprint density at radius 3 is 2.96 bits per heavy atom. The minimum atomic E-state index is 0.0443. The van der Waals surface area contributed by atoms with Crippen LogP contribution in [-0.2, 0) is 23.3 Å². The molecule has 2 aliphatic rings. The van der Waals surface area contributed by atoms with Crippen LogP contribution in [0.2, 0.25) is 5.02 Å². The first kappa shape index (κ1) is 16.5. The quantitative estimate of drug-likeness (QED) is 0.886. The van der Waals surface area contributed by atoms with Gasteiger partial charge in [0.15, 0.2) is 0 Å². The van der Waals surface area contributed by atoms with Crippen LogP contribution in [0.5, 0.6) is 0 Å². The number of fused-ring (bicyclic) bond motifs is 1. The molecule has 2 aromatic rings. The number of rotatable bonds is 5. The van der Waals surface area contributed by atoms with Crippen LogP contribution in [0.25, 0.3) is 0 Å². The van der Waals surface area contributed by atoms with Gasteiger partial charge in [0.2, 0.25) is 5.91 Å². The van der Waals surface area contributed by atoms with Crippen LogP contribution < -0.4 is 5.32 Å². The summed E-state index contributed by atoms with van der Waals surface area (Å²) in [5.41, 5.74) is 1.28. The Hall–Kier alpha value is -1.92. The number of nitrogens with one attached hydrogen (secondary N) is 1. The molecule has 1 aliphatic heterocycles. The van der Waals surface area contributed by atoms with E-state index >= 15 is 0 Å². The predicted octanol–water partition coefficient (Wildman–Crippen LogP) is 1.99. The van der Waals surface area contributed by atoms with Crippen molar-refractivity contribution in [3.8, 4) is 0 Å². The van der Waals surface area contributed by atoms with E-state index in [4.69, 9.17) is 11.6 Å². The van der Waals surface area contributed by atoms with Crippen LogP contribution in [0.4, 0.5) is 0 Å². The van der Waals surface area contributed by atoms with Gasteiger partial charge >= 0.3 is 0 Å². The van der Waals surface area contributed by atoms with E-state index in [1.807, 2.05) is 22.8 Å². The summed E-state index contributed by atoms with van der Waals surface area (Å²) < 4.78 is 2.04. The summed E-state index contributed by atoms with van der Waals surface area (Å²) in [5, 5.41) is 11.9. The molecular weight excluding hydrogens is 338 g/mol. The van der Waals surface area contributed by atoms with E-state index in [-0.39, 0.29) is 11.3 Å². The first-order valence-electron chi connectivity index (χ1n) is 8.76. The lowest BCUT2D eigenvalue weighted by Gasteiger charge is -2.43. The average Bonchev–Trinajstić information content (AvgIpc) is 3.01. The predicted molar refractivity (Wildman–Crippen MR) is 95.3 cm³/mol. The molecule has 0 radical (unpaired) electrons. The lowest BCUT2D eigenvalue weighted by atomic mass is 9.64. The molecule has 1 fully saturated rings. The molecule has 1 N–H and O–H groups in total. The van der Waals surface area contributed by atoms with Crippen LogP contribution in [0.1, 0.15) is 30.7 Å². The Morgan fingerprint density at radius 2 is 2.20 bits per heavy atom. The zero-order chi connectivity index (χ0) is 17.3. The van der Waals surface area contributed by atoms with Crippen LogP contribution in [0.15, 0.2) is 30.6 Å². The van der Waals surface area contributed by atoms with Gasteiger partial charge in [0.1, 0.15) is 12.2 Å². The van der Waals surface area contributed by atoms with Crippen molar-refractivity contribution in [1.29, 1.82) is 0 Å². The second-order valence-electron chi connectivity index (χ2n) is 7.07. The molecule has 4 rings (SSSR count). The molecule has 0 spiro atoms. The highest BCUT2D eigenvalue weighted by atomic mass is 35.5. The molecule has 1 aromatic heterocycles. The monoisotopic (exact) mass is 359 g/mol.